The average Bonchev–Trinajstić information content (AvgIpc) is 3.31. The molecular weight excluding hydrogens is 446 g/mol. The van der Waals surface area contributed by atoms with Crippen LogP contribution in [0.3, 0.4) is 0 Å². The number of esters is 2. The highest BCUT2D eigenvalue weighted by Gasteiger charge is 2.27. The molecule has 3 heterocycles. The van der Waals surface area contributed by atoms with Crippen molar-refractivity contribution in [2.75, 3.05) is 24.3 Å². The quantitative estimate of drug-likeness (QED) is 0.300. The molecule has 3 aromatic rings. The molecule has 0 saturated heterocycles. The number of amides is 1. The summed E-state index contributed by atoms with van der Waals surface area (Å²) < 4.78 is 10.1. The maximum atomic E-state index is 12.6. The minimum atomic E-state index is -0.597. The lowest BCUT2D eigenvalue weighted by Gasteiger charge is -2.07. The zero-order valence-electron chi connectivity index (χ0n) is 16.5. The Hall–Kier alpha value is -2.50. The van der Waals surface area contributed by atoms with Crippen molar-refractivity contribution in [1.82, 2.24) is 9.97 Å². The van der Waals surface area contributed by atoms with Crippen molar-refractivity contribution < 1.29 is 23.9 Å². The van der Waals surface area contributed by atoms with Crippen LogP contribution in [0.25, 0.3) is 10.2 Å². The van der Waals surface area contributed by atoms with Gasteiger partial charge < -0.3 is 14.8 Å². The molecule has 0 aromatic carbocycles. The maximum absolute atomic E-state index is 12.6. The Bertz CT molecular complexity index is 1090. The van der Waals surface area contributed by atoms with Gasteiger partial charge in [-0.25, -0.2) is 19.6 Å². The number of ether oxygens (including phenoxy) is 2. The Balaban J connectivity index is 1.79. The highest BCUT2D eigenvalue weighted by Crippen LogP contribution is 2.35. The lowest BCUT2D eigenvalue weighted by molar-refractivity contribution is -0.113. The van der Waals surface area contributed by atoms with Gasteiger partial charge in [0.15, 0.2) is 0 Å². The number of nitrogens with one attached hydrogen (secondary N) is 1. The van der Waals surface area contributed by atoms with Crippen LogP contribution in [-0.4, -0.2) is 46.8 Å². The van der Waals surface area contributed by atoms with Gasteiger partial charge in [-0.15, -0.1) is 22.7 Å². The van der Waals surface area contributed by atoms with E-state index in [4.69, 9.17) is 9.47 Å². The second-order valence-electron chi connectivity index (χ2n) is 5.86. The molecular formula is C19H19N3O5S3. The van der Waals surface area contributed by atoms with Crippen LogP contribution in [0.4, 0.5) is 5.00 Å². The normalized spacial score (nSPS) is 10.8. The Morgan fingerprint density at radius 2 is 1.87 bits per heavy atom. The van der Waals surface area contributed by atoms with E-state index in [1.165, 1.54) is 29.4 Å². The van der Waals surface area contributed by atoms with Gasteiger partial charge in [-0.2, -0.15) is 0 Å². The van der Waals surface area contributed by atoms with Crippen molar-refractivity contribution in [3.63, 3.8) is 0 Å². The number of nitrogens with zero attached hydrogens (tertiary/aromatic N) is 2. The number of thioether (sulfide) groups is 1. The largest absolute Gasteiger partial charge is 0.462 e. The molecule has 0 spiro atoms. The SMILES string of the molecule is CCOC(=O)c1sc(NC(=O)CSc2ncnc3sccc23)c(C(=O)OCC)c1C. The second-order valence-corrected chi connectivity index (χ2v) is 8.74. The molecule has 11 heteroatoms. The number of thiophene rings is 2. The van der Waals surface area contributed by atoms with Crippen LogP contribution >= 0.6 is 34.4 Å². The van der Waals surface area contributed by atoms with Crippen LogP contribution in [-0.2, 0) is 14.3 Å². The fourth-order valence-corrected chi connectivity index (χ4v) is 5.30. The molecule has 3 rings (SSSR count). The summed E-state index contributed by atoms with van der Waals surface area (Å²) in [6, 6.07) is 1.91. The van der Waals surface area contributed by atoms with Crippen molar-refractivity contribution in [2.45, 2.75) is 25.8 Å². The minimum absolute atomic E-state index is 0.0793. The van der Waals surface area contributed by atoms with Crippen molar-refractivity contribution >= 4 is 67.5 Å². The number of hydrogen-bond donors (Lipinski definition) is 1. The fraction of sp³-hybridized carbons (Fsp3) is 0.316. The van der Waals surface area contributed by atoms with Gasteiger partial charge in [-0.05, 0) is 37.8 Å². The second kappa shape index (κ2) is 10.0. The topological polar surface area (TPSA) is 107 Å². The zero-order valence-corrected chi connectivity index (χ0v) is 19.0. The van der Waals surface area contributed by atoms with Gasteiger partial charge in [0, 0.05) is 5.39 Å². The molecule has 0 bridgehead atoms. The Kier molecular flexibility index (Phi) is 7.40. The molecule has 1 amide bonds. The molecule has 30 heavy (non-hydrogen) atoms. The van der Waals surface area contributed by atoms with E-state index in [1.807, 2.05) is 11.4 Å². The van der Waals surface area contributed by atoms with Gasteiger partial charge in [0.05, 0.1) is 24.5 Å². The van der Waals surface area contributed by atoms with Crippen molar-refractivity contribution in [3.05, 3.63) is 33.8 Å². The third-order valence-corrected chi connectivity index (χ3v) is 6.92. The molecule has 0 fully saturated rings. The van der Waals surface area contributed by atoms with Gasteiger partial charge in [0.25, 0.3) is 0 Å². The van der Waals surface area contributed by atoms with Crippen LogP contribution in [0.5, 0.6) is 0 Å². The molecule has 0 aliphatic carbocycles. The summed E-state index contributed by atoms with van der Waals surface area (Å²) in [5, 5.41) is 6.51. The number of carbonyl (C=O) groups excluding carboxylic acids is 3. The number of rotatable bonds is 8. The van der Waals surface area contributed by atoms with Crippen LogP contribution < -0.4 is 5.32 Å². The van der Waals surface area contributed by atoms with E-state index in [-0.39, 0.29) is 40.3 Å². The number of carbonyl (C=O) groups is 3. The fourth-order valence-electron chi connectivity index (χ4n) is 2.62. The molecule has 0 atom stereocenters. The highest BCUT2D eigenvalue weighted by molar-refractivity contribution is 8.00. The maximum Gasteiger partial charge on any atom is 0.348 e. The molecule has 0 saturated carbocycles. The minimum Gasteiger partial charge on any atom is -0.462 e. The van der Waals surface area contributed by atoms with Crippen molar-refractivity contribution in [3.8, 4) is 0 Å². The van der Waals surface area contributed by atoms with E-state index in [9.17, 15) is 14.4 Å². The van der Waals surface area contributed by atoms with Crippen LogP contribution in [0.1, 0.15) is 39.4 Å². The molecule has 158 valence electrons. The standard InChI is InChI=1S/C19H19N3O5S3/c1-4-26-18(24)13-10(3)14(19(25)27-5-2)30-17(13)22-12(23)8-29-16-11-6-7-28-15(11)20-9-21-16/h6-7,9H,4-5,8H2,1-3H3,(H,22,23). The molecule has 8 nitrogen and oxygen atoms in total. The van der Waals surface area contributed by atoms with E-state index in [0.29, 0.717) is 10.6 Å². The highest BCUT2D eigenvalue weighted by atomic mass is 32.2. The van der Waals surface area contributed by atoms with Gasteiger partial charge in [0.1, 0.15) is 26.1 Å². The first-order valence-electron chi connectivity index (χ1n) is 9.04. The third-order valence-electron chi connectivity index (χ3n) is 3.91. The summed E-state index contributed by atoms with van der Waals surface area (Å²) in [6.45, 7) is 5.40. The lowest BCUT2D eigenvalue weighted by atomic mass is 10.1. The van der Waals surface area contributed by atoms with Crippen LogP contribution in [0, 0.1) is 6.92 Å². The molecule has 0 radical (unpaired) electrons. The summed E-state index contributed by atoms with van der Waals surface area (Å²) in [6.07, 6.45) is 1.46. The van der Waals surface area contributed by atoms with E-state index in [0.717, 1.165) is 21.6 Å². The third kappa shape index (κ3) is 4.79. The van der Waals surface area contributed by atoms with Crippen molar-refractivity contribution in [2.24, 2.45) is 0 Å². The van der Waals surface area contributed by atoms with E-state index < -0.39 is 11.9 Å². The molecule has 0 aliphatic heterocycles. The monoisotopic (exact) mass is 465 g/mol. The molecule has 1 N–H and O–H groups in total. The number of aromatic nitrogens is 2. The summed E-state index contributed by atoms with van der Waals surface area (Å²) in [4.78, 5) is 46.7. The first kappa shape index (κ1) is 22.2. The Morgan fingerprint density at radius 1 is 1.13 bits per heavy atom. The summed E-state index contributed by atoms with van der Waals surface area (Å²) in [5.41, 5.74) is 0.598. The van der Waals surface area contributed by atoms with E-state index in [2.05, 4.69) is 15.3 Å². The predicted octanol–water partition coefficient (Wildman–Crippen LogP) is 4.15. The molecule has 0 aliphatic rings. The summed E-state index contributed by atoms with van der Waals surface area (Å²) in [5.74, 6) is -1.39. The number of anilines is 1. The van der Waals surface area contributed by atoms with Crippen LogP contribution in [0.15, 0.2) is 22.8 Å². The van der Waals surface area contributed by atoms with Gasteiger partial charge in [-0.3, -0.25) is 4.79 Å². The summed E-state index contributed by atoms with van der Waals surface area (Å²) in [7, 11) is 0. The van der Waals surface area contributed by atoms with Gasteiger partial charge >= 0.3 is 11.9 Å². The Morgan fingerprint density at radius 3 is 2.60 bits per heavy atom. The zero-order chi connectivity index (χ0) is 21.7. The van der Waals surface area contributed by atoms with Crippen molar-refractivity contribution in [1.29, 1.82) is 0 Å². The van der Waals surface area contributed by atoms with E-state index in [1.54, 1.807) is 20.8 Å². The van der Waals surface area contributed by atoms with Gasteiger partial charge in [0.2, 0.25) is 5.91 Å². The van der Waals surface area contributed by atoms with Crippen LogP contribution in [0.2, 0.25) is 0 Å². The average molecular weight is 466 g/mol. The first-order valence-corrected chi connectivity index (χ1v) is 11.7. The predicted molar refractivity (Wildman–Crippen MR) is 118 cm³/mol. The first-order chi connectivity index (χ1) is 14.5. The molecule has 0 unspecified atom stereocenters. The van der Waals surface area contributed by atoms with E-state index >= 15 is 0 Å². The lowest BCUT2D eigenvalue weighted by Crippen LogP contribution is -2.16. The Labute approximate surface area is 185 Å². The van der Waals surface area contributed by atoms with Gasteiger partial charge in [-0.1, -0.05) is 11.8 Å². The smallest absolute Gasteiger partial charge is 0.348 e. The number of hydrogen-bond acceptors (Lipinski definition) is 10. The number of fused-ring (bicyclic) bond motifs is 1. The summed E-state index contributed by atoms with van der Waals surface area (Å²) >= 11 is 3.77. The molecule has 3 aromatic heterocycles.